The second-order valence-corrected chi connectivity index (χ2v) is 7.30. The summed E-state index contributed by atoms with van der Waals surface area (Å²) in [4.78, 5) is 15.1. The molecule has 0 saturated carbocycles. The average Bonchev–Trinajstić information content (AvgIpc) is 2.97. The number of carbonyl (C=O) groups is 1. The summed E-state index contributed by atoms with van der Waals surface area (Å²) in [6, 6.07) is 4.89. The van der Waals surface area contributed by atoms with Crippen molar-refractivity contribution >= 4 is 17.4 Å². The van der Waals surface area contributed by atoms with Crippen LogP contribution in [0.2, 0.25) is 0 Å². The van der Waals surface area contributed by atoms with E-state index in [1.807, 2.05) is 20.8 Å². The van der Waals surface area contributed by atoms with Crippen molar-refractivity contribution in [1.29, 1.82) is 0 Å². The lowest BCUT2D eigenvalue weighted by Gasteiger charge is -2.25. The number of hydrogen-bond donors (Lipinski definition) is 1. The third kappa shape index (κ3) is 4.21. The van der Waals surface area contributed by atoms with E-state index in [0.717, 1.165) is 19.5 Å². The highest BCUT2D eigenvalue weighted by molar-refractivity contribution is 7.10. The maximum absolute atomic E-state index is 12.0. The Labute approximate surface area is 125 Å². The molecule has 0 radical (unpaired) electrons. The van der Waals surface area contributed by atoms with Crippen LogP contribution in [0.5, 0.6) is 0 Å². The van der Waals surface area contributed by atoms with E-state index in [2.05, 4.69) is 29.8 Å². The molecule has 1 fully saturated rings. The van der Waals surface area contributed by atoms with E-state index < -0.39 is 5.60 Å². The Morgan fingerprint density at radius 2 is 2.30 bits per heavy atom. The Kier molecular flexibility index (Phi) is 4.70. The van der Waals surface area contributed by atoms with Gasteiger partial charge in [0.15, 0.2) is 0 Å². The van der Waals surface area contributed by atoms with Crippen LogP contribution in [0.1, 0.15) is 45.0 Å². The molecule has 1 aromatic rings. The number of nitrogens with zero attached hydrogens (tertiary/aromatic N) is 1. The van der Waals surface area contributed by atoms with Crippen LogP contribution in [0.3, 0.4) is 0 Å². The number of ether oxygens (including phenoxy) is 1. The van der Waals surface area contributed by atoms with Gasteiger partial charge in [-0.05, 0) is 45.6 Å². The van der Waals surface area contributed by atoms with E-state index in [4.69, 9.17) is 4.74 Å². The summed E-state index contributed by atoms with van der Waals surface area (Å²) in [7, 11) is 0. The van der Waals surface area contributed by atoms with Crippen molar-refractivity contribution in [1.82, 2.24) is 10.2 Å². The van der Waals surface area contributed by atoms with Crippen molar-refractivity contribution in [3.8, 4) is 0 Å². The topological polar surface area (TPSA) is 41.6 Å². The number of rotatable bonds is 3. The van der Waals surface area contributed by atoms with E-state index in [1.165, 1.54) is 4.88 Å². The van der Waals surface area contributed by atoms with Gasteiger partial charge in [-0.3, -0.25) is 0 Å². The molecule has 1 N–H and O–H groups in total. The number of likely N-dealkylation sites (tertiary alicyclic amines) is 1. The molecule has 0 bridgehead atoms. The molecule has 2 rings (SSSR count). The molecule has 1 aliphatic heterocycles. The predicted octanol–water partition coefficient (Wildman–Crippen LogP) is 3.41. The first-order chi connectivity index (χ1) is 9.35. The van der Waals surface area contributed by atoms with E-state index in [9.17, 15) is 4.79 Å². The molecule has 0 unspecified atom stereocenters. The molecule has 1 aliphatic rings. The summed E-state index contributed by atoms with van der Waals surface area (Å²) in [5.41, 5.74) is -0.424. The first kappa shape index (κ1) is 15.3. The normalized spacial score (nSPS) is 21.0. The number of nitrogens with one attached hydrogen (secondary N) is 1. The van der Waals surface area contributed by atoms with Crippen LogP contribution in [0, 0.1) is 0 Å². The van der Waals surface area contributed by atoms with Crippen molar-refractivity contribution in [2.75, 3.05) is 13.1 Å². The second-order valence-electron chi connectivity index (χ2n) is 6.32. The van der Waals surface area contributed by atoms with Gasteiger partial charge in [-0.2, -0.15) is 0 Å². The summed E-state index contributed by atoms with van der Waals surface area (Å²) in [6.07, 6.45) is 0.778. The minimum Gasteiger partial charge on any atom is -0.444 e. The zero-order valence-corrected chi connectivity index (χ0v) is 13.5. The fraction of sp³-hybridized carbons (Fsp3) is 0.667. The Bertz CT molecular complexity index is 439. The highest BCUT2D eigenvalue weighted by Crippen LogP contribution is 2.21. The van der Waals surface area contributed by atoms with E-state index >= 15 is 0 Å². The smallest absolute Gasteiger partial charge is 0.410 e. The summed E-state index contributed by atoms with van der Waals surface area (Å²) in [6.45, 7) is 9.36. The molecular weight excluding hydrogens is 272 g/mol. The first-order valence-corrected chi connectivity index (χ1v) is 8.00. The van der Waals surface area contributed by atoms with Crippen LogP contribution in [0.4, 0.5) is 4.79 Å². The van der Waals surface area contributed by atoms with Gasteiger partial charge in [0.1, 0.15) is 5.60 Å². The van der Waals surface area contributed by atoms with Gasteiger partial charge in [-0.25, -0.2) is 4.79 Å². The zero-order valence-electron chi connectivity index (χ0n) is 12.7. The standard InChI is InChI=1S/C15H24N2O2S/c1-11(13-6-5-9-20-13)16-12-7-8-17(10-12)14(18)19-15(2,3)4/h5-6,9,11-12,16H,7-8,10H2,1-4H3/t11-,12-/m1/s1. The molecule has 2 atom stereocenters. The van der Waals surface area contributed by atoms with Gasteiger partial charge in [-0.15, -0.1) is 11.3 Å². The lowest BCUT2D eigenvalue weighted by Crippen LogP contribution is -2.38. The van der Waals surface area contributed by atoms with Crippen molar-refractivity contribution in [3.63, 3.8) is 0 Å². The molecule has 5 heteroatoms. The van der Waals surface area contributed by atoms with Gasteiger partial charge in [0.05, 0.1) is 0 Å². The van der Waals surface area contributed by atoms with Crippen molar-refractivity contribution in [3.05, 3.63) is 22.4 Å². The van der Waals surface area contributed by atoms with Crippen LogP contribution in [-0.2, 0) is 4.74 Å². The van der Waals surface area contributed by atoms with Gasteiger partial charge in [0.2, 0.25) is 0 Å². The maximum Gasteiger partial charge on any atom is 0.410 e. The van der Waals surface area contributed by atoms with Crippen LogP contribution >= 0.6 is 11.3 Å². The molecule has 0 aromatic carbocycles. The fourth-order valence-electron chi connectivity index (χ4n) is 2.36. The summed E-state index contributed by atoms with van der Waals surface area (Å²) in [5.74, 6) is 0. The highest BCUT2D eigenvalue weighted by Gasteiger charge is 2.30. The Morgan fingerprint density at radius 1 is 1.55 bits per heavy atom. The SMILES string of the molecule is C[C@@H](N[C@@H]1CCN(C(=O)OC(C)(C)C)C1)c1cccs1. The Balaban J connectivity index is 1.82. The second kappa shape index (κ2) is 6.14. The molecule has 1 aromatic heterocycles. The number of carbonyl (C=O) groups excluding carboxylic acids is 1. The maximum atomic E-state index is 12.0. The molecule has 0 aliphatic carbocycles. The predicted molar refractivity (Wildman–Crippen MR) is 82.1 cm³/mol. The third-order valence-electron chi connectivity index (χ3n) is 3.30. The quantitative estimate of drug-likeness (QED) is 0.929. The summed E-state index contributed by atoms with van der Waals surface area (Å²) in [5, 5.41) is 5.68. The molecule has 0 spiro atoms. The largest absolute Gasteiger partial charge is 0.444 e. The van der Waals surface area contributed by atoms with Gasteiger partial charge in [0, 0.05) is 30.1 Å². The molecule has 1 amide bonds. The van der Waals surface area contributed by atoms with Crippen LogP contribution in [0.25, 0.3) is 0 Å². The molecule has 4 nitrogen and oxygen atoms in total. The Hall–Kier alpha value is -1.07. The van der Waals surface area contributed by atoms with Crippen LogP contribution in [0.15, 0.2) is 17.5 Å². The third-order valence-corrected chi connectivity index (χ3v) is 4.35. The van der Waals surface area contributed by atoms with Crippen molar-refractivity contribution in [2.45, 2.75) is 51.8 Å². The zero-order chi connectivity index (χ0) is 14.8. The molecule has 112 valence electrons. The first-order valence-electron chi connectivity index (χ1n) is 7.12. The molecular formula is C15H24N2O2S. The number of hydrogen-bond acceptors (Lipinski definition) is 4. The average molecular weight is 296 g/mol. The van der Waals surface area contributed by atoms with E-state index in [1.54, 1.807) is 16.2 Å². The molecule has 20 heavy (non-hydrogen) atoms. The minimum atomic E-state index is -0.424. The Morgan fingerprint density at radius 3 is 2.90 bits per heavy atom. The van der Waals surface area contributed by atoms with Crippen molar-refractivity contribution < 1.29 is 9.53 Å². The monoisotopic (exact) mass is 296 g/mol. The molecule has 2 heterocycles. The van der Waals surface area contributed by atoms with Gasteiger partial charge in [-0.1, -0.05) is 6.07 Å². The van der Waals surface area contributed by atoms with Gasteiger partial charge in [0.25, 0.3) is 0 Å². The van der Waals surface area contributed by atoms with Crippen LogP contribution in [-0.4, -0.2) is 35.7 Å². The lowest BCUT2D eigenvalue weighted by molar-refractivity contribution is 0.0290. The van der Waals surface area contributed by atoms with Crippen LogP contribution < -0.4 is 5.32 Å². The lowest BCUT2D eigenvalue weighted by atomic mass is 10.2. The summed E-state index contributed by atoms with van der Waals surface area (Å²) < 4.78 is 5.41. The van der Waals surface area contributed by atoms with Gasteiger partial charge < -0.3 is 15.0 Å². The van der Waals surface area contributed by atoms with Gasteiger partial charge >= 0.3 is 6.09 Å². The highest BCUT2D eigenvalue weighted by atomic mass is 32.1. The summed E-state index contributed by atoms with van der Waals surface area (Å²) >= 11 is 1.76. The number of amides is 1. The van der Waals surface area contributed by atoms with E-state index in [0.29, 0.717) is 12.1 Å². The van der Waals surface area contributed by atoms with E-state index in [-0.39, 0.29) is 6.09 Å². The number of thiophene rings is 1. The minimum absolute atomic E-state index is 0.203. The molecule has 1 saturated heterocycles. The van der Waals surface area contributed by atoms with Crippen molar-refractivity contribution in [2.24, 2.45) is 0 Å². The fourth-order valence-corrected chi connectivity index (χ4v) is 3.11.